The number of nitriles is 1. The van der Waals surface area contributed by atoms with E-state index in [1.54, 1.807) is 31.3 Å². The van der Waals surface area contributed by atoms with Gasteiger partial charge in [-0.3, -0.25) is 10.1 Å². The minimum atomic E-state index is -3.54. The van der Waals surface area contributed by atoms with Gasteiger partial charge in [-0.05, 0) is 49.2 Å². The summed E-state index contributed by atoms with van der Waals surface area (Å²) in [5.41, 5.74) is 2.46. The number of nitrogens with zero attached hydrogens (tertiary/aromatic N) is 3. The van der Waals surface area contributed by atoms with Crippen LogP contribution in [0.5, 0.6) is 0 Å². The van der Waals surface area contributed by atoms with Gasteiger partial charge >= 0.3 is 0 Å². The van der Waals surface area contributed by atoms with Crippen molar-refractivity contribution in [3.8, 4) is 17.3 Å². The fraction of sp³-hybridized carbons (Fsp3) is 0.190. The Bertz CT molecular complexity index is 1220. The first-order valence-electron chi connectivity index (χ1n) is 9.24. The lowest BCUT2D eigenvalue weighted by Gasteiger charge is -2.16. The maximum Gasteiger partial charge on any atom is 0.257 e. The number of hydrogen-bond acceptors (Lipinski definition) is 6. The number of amides is 1. The normalized spacial score (nSPS) is 13.8. The molecule has 0 spiro atoms. The van der Waals surface area contributed by atoms with Crippen LogP contribution in [0.25, 0.3) is 11.3 Å². The lowest BCUT2D eigenvalue weighted by molar-refractivity contribution is 0.102. The lowest BCUT2D eigenvalue weighted by atomic mass is 10.1. The molecule has 0 unspecified atom stereocenters. The third kappa shape index (κ3) is 4.11. The summed E-state index contributed by atoms with van der Waals surface area (Å²) < 4.78 is 26.5. The summed E-state index contributed by atoms with van der Waals surface area (Å²) in [6.45, 7) is 0. The van der Waals surface area contributed by atoms with Crippen LogP contribution in [-0.4, -0.2) is 36.7 Å². The van der Waals surface area contributed by atoms with E-state index >= 15 is 0 Å². The molecule has 1 fully saturated rings. The second-order valence-electron chi connectivity index (χ2n) is 6.96. The molecule has 1 saturated carbocycles. The molecule has 0 radical (unpaired) electrons. The van der Waals surface area contributed by atoms with E-state index in [4.69, 9.17) is 5.26 Å². The Labute approximate surface area is 178 Å². The van der Waals surface area contributed by atoms with Crippen LogP contribution < -0.4 is 5.32 Å². The van der Waals surface area contributed by atoms with Crippen LogP contribution in [0, 0.1) is 11.3 Å². The summed E-state index contributed by atoms with van der Waals surface area (Å²) in [7, 11) is -1.95. The summed E-state index contributed by atoms with van der Waals surface area (Å²) in [4.78, 5) is 17.1. The predicted molar refractivity (Wildman–Crippen MR) is 115 cm³/mol. The largest absolute Gasteiger partial charge is 0.298 e. The van der Waals surface area contributed by atoms with E-state index < -0.39 is 10.0 Å². The molecular weight excluding hydrogens is 420 g/mol. The smallest absolute Gasteiger partial charge is 0.257 e. The van der Waals surface area contributed by atoms with Gasteiger partial charge in [0.15, 0.2) is 5.13 Å². The molecule has 30 heavy (non-hydrogen) atoms. The van der Waals surface area contributed by atoms with Crippen molar-refractivity contribution in [1.82, 2.24) is 9.29 Å². The summed E-state index contributed by atoms with van der Waals surface area (Å²) in [5, 5.41) is 13.9. The molecule has 3 aromatic rings. The number of benzene rings is 2. The van der Waals surface area contributed by atoms with Gasteiger partial charge in [0.1, 0.15) is 0 Å². The predicted octanol–water partition coefficient (Wildman–Crippen LogP) is 3.72. The molecule has 1 aliphatic rings. The molecule has 1 heterocycles. The standard InChI is InChI=1S/C21H18N4O3S2/c1-25(17-8-9-17)30(27,28)18-10-6-16(7-11-18)20(26)24-21-23-19(13-29-21)15-4-2-14(12-22)3-5-15/h2-7,10-11,13,17H,8-9H2,1H3,(H,23,24,26). The van der Waals surface area contributed by atoms with Crippen LogP contribution in [0.4, 0.5) is 5.13 Å². The van der Waals surface area contributed by atoms with Crippen molar-refractivity contribution in [2.45, 2.75) is 23.8 Å². The van der Waals surface area contributed by atoms with E-state index in [1.165, 1.54) is 39.9 Å². The van der Waals surface area contributed by atoms with Gasteiger partial charge in [-0.15, -0.1) is 11.3 Å². The van der Waals surface area contributed by atoms with Gasteiger partial charge in [-0.25, -0.2) is 13.4 Å². The van der Waals surface area contributed by atoms with Crippen molar-refractivity contribution in [1.29, 1.82) is 5.26 Å². The highest BCUT2D eigenvalue weighted by molar-refractivity contribution is 7.89. The van der Waals surface area contributed by atoms with Crippen LogP contribution in [0.15, 0.2) is 58.8 Å². The van der Waals surface area contributed by atoms with Crippen molar-refractivity contribution in [2.24, 2.45) is 0 Å². The number of hydrogen-bond donors (Lipinski definition) is 1. The van der Waals surface area contributed by atoms with Gasteiger partial charge in [0.05, 0.1) is 22.2 Å². The zero-order valence-electron chi connectivity index (χ0n) is 16.1. The highest BCUT2D eigenvalue weighted by atomic mass is 32.2. The summed E-state index contributed by atoms with van der Waals surface area (Å²) in [5.74, 6) is -0.366. The topological polar surface area (TPSA) is 103 Å². The third-order valence-corrected chi connectivity index (χ3v) is 7.57. The molecule has 1 amide bonds. The number of aromatic nitrogens is 1. The highest BCUT2D eigenvalue weighted by Crippen LogP contribution is 2.30. The summed E-state index contributed by atoms with van der Waals surface area (Å²) in [6, 6.07) is 15.1. The Balaban J connectivity index is 1.45. The quantitative estimate of drug-likeness (QED) is 0.632. The van der Waals surface area contributed by atoms with Crippen LogP contribution >= 0.6 is 11.3 Å². The number of carbonyl (C=O) groups excluding carboxylic acids is 1. The van der Waals surface area contributed by atoms with Crippen LogP contribution in [0.1, 0.15) is 28.8 Å². The van der Waals surface area contributed by atoms with Gasteiger partial charge < -0.3 is 0 Å². The maximum absolute atomic E-state index is 12.6. The van der Waals surface area contributed by atoms with Crippen molar-refractivity contribution in [3.05, 3.63) is 65.0 Å². The maximum atomic E-state index is 12.6. The molecule has 9 heteroatoms. The number of nitrogens with one attached hydrogen (secondary N) is 1. The average molecular weight is 439 g/mol. The lowest BCUT2D eigenvalue weighted by Crippen LogP contribution is -2.29. The van der Waals surface area contributed by atoms with Crippen LogP contribution in [0.3, 0.4) is 0 Å². The minimum absolute atomic E-state index is 0.0770. The third-order valence-electron chi connectivity index (χ3n) is 4.89. The molecule has 0 atom stereocenters. The SMILES string of the molecule is CN(C1CC1)S(=O)(=O)c1ccc(C(=O)Nc2nc(-c3ccc(C#N)cc3)cs2)cc1. The van der Waals surface area contributed by atoms with E-state index in [0.29, 0.717) is 22.0 Å². The first-order valence-corrected chi connectivity index (χ1v) is 11.6. The Morgan fingerprint density at radius 3 is 2.43 bits per heavy atom. The van der Waals surface area contributed by atoms with Crippen LogP contribution in [-0.2, 0) is 10.0 Å². The van der Waals surface area contributed by atoms with Crippen LogP contribution in [0.2, 0.25) is 0 Å². The van der Waals surface area contributed by atoms with Gasteiger partial charge in [0, 0.05) is 29.6 Å². The Morgan fingerprint density at radius 1 is 1.17 bits per heavy atom. The average Bonchev–Trinajstić information content (AvgIpc) is 3.52. The zero-order chi connectivity index (χ0) is 21.3. The van der Waals surface area contributed by atoms with Crippen molar-refractivity contribution in [3.63, 3.8) is 0 Å². The summed E-state index contributed by atoms with van der Waals surface area (Å²) >= 11 is 1.29. The van der Waals surface area contributed by atoms with E-state index in [-0.39, 0.29) is 16.8 Å². The fourth-order valence-corrected chi connectivity index (χ4v) is 5.06. The number of thiazole rings is 1. The van der Waals surface area contributed by atoms with Crippen molar-refractivity contribution in [2.75, 3.05) is 12.4 Å². The Morgan fingerprint density at radius 2 is 1.83 bits per heavy atom. The molecular formula is C21H18N4O3S2. The van der Waals surface area contributed by atoms with Gasteiger partial charge in [0.25, 0.3) is 5.91 Å². The molecule has 0 saturated heterocycles. The fourth-order valence-electron chi connectivity index (χ4n) is 2.93. The molecule has 1 aliphatic carbocycles. The molecule has 0 aliphatic heterocycles. The van der Waals surface area contributed by atoms with E-state index in [2.05, 4.69) is 16.4 Å². The molecule has 2 aromatic carbocycles. The number of anilines is 1. The first-order chi connectivity index (χ1) is 14.4. The number of carbonyl (C=O) groups is 1. The first kappa shape index (κ1) is 20.2. The van der Waals surface area contributed by atoms with Crippen molar-refractivity contribution >= 4 is 32.4 Å². The van der Waals surface area contributed by atoms with Crippen molar-refractivity contribution < 1.29 is 13.2 Å². The molecule has 7 nitrogen and oxygen atoms in total. The minimum Gasteiger partial charge on any atom is -0.298 e. The van der Waals surface area contributed by atoms with E-state index in [9.17, 15) is 13.2 Å². The second-order valence-corrected chi connectivity index (χ2v) is 9.81. The Hall–Kier alpha value is -3.06. The Kier molecular flexibility index (Phi) is 5.39. The van der Waals surface area contributed by atoms with E-state index in [1.807, 2.05) is 5.38 Å². The van der Waals surface area contributed by atoms with E-state index in [0.717, 1.165) is 18.4 Å². The summed E-state index contributed by atoms with van der Waals surface area (Å²) in [6.07, 6.45) is 1.77. The molecule has 152 valence electrons. The number of sulfonamides is 1. The van der Waals surface area contributed by atoms with Gasteiger partial charge in [0.2, 0.25) is 10.0 Å². The highest BCUT2D eigenvalue weighted by Gasteiger charge is 2.35. The molecule has 1 N–H and O–H groups in total. The number of rotatable bonds is 6. The van der Waals surface area contributed by atoms with Gasteiger partial charge in [-0.2, -0.15) is 9.57 Å². The molecule has 4 rings (SSSR count). The second kappa shape index (κ2) is 7.99. The zero-order valence-corrected chi connectivity index (χ0v) is 17.7. The monoisotopic (exact) mass is 438 g/mol. The molecule has 0 bridgehead atoms. The molecule has 1 aromatic heterocycles. The van der Waals surface area contributed by atoms with Gasteiger partial charge in [-0.1, -0.05) is 12.1 Å².